The summed E-state index contributed by atoms with van der Waals surface area (Å²) < 4.78 is 10.6. The first kappa shape index (κ1) is 13.7. The summed E-state index contributed by atoms with van der Waals surface area (Å²) in [5.74, 6) is 0.570. The van der Waals surface area contributed by atoms with Crippen LogP contribution in [0.2, 0.25) is 0 Å². The summed E-state index contributed by atoms with van der Waals surface area (Å²) in [6, 6.07) is 5.48. The van der Waals surface area contributed by atoms with E-state index in [0.717, 1.165) is 18.4 Å². The number of amides is 1. The number of ether oxygens (including phenoxy) is 2. The van der Waals surface area contributed by atoms with Crippen molar-refractivity contribution in [2.24, 2.45) is 0 Å². The van der Waals surface area contributed by atoms with E-state index in [4.69, 9.17) is 15.2 Å². The number of carbonyl (C=O) groups is 1. The largest absolute Gasteiger partial charge is 0.495 e. The Bertz CT molecular complexity index is 468. The van der Waals surface area contributed by atoms with Gasteiger partial charge in [0.2, 0.25) is 0 Å². The molecule has 5 nitrogen and oxygen atoms in total. The van der Waals surface area contributed by atoms with Crippen LogP contribution in [0.4, 0.5) is 5.69 Å². The van der Waals surface area contributed by atoms with Crippen LogP contribution in [0.3, 0.4) is 0 Å². The van der Waals surface area contributed by atoms with E-state index >= 15 is 0 Å². The van der Waals surface area contributed by atoms with Crippen LogP contribution in [-0.4, -0.2) is 25.2 Å². The van der Waals surface area contributed by atoms with Gasteiger partial charge in [0.25, 0.3) is 5.91 Å². The second-order valence-corrected chi connectivity index (χ2v) is 4.94. The minimum Gasteiger partial charge on any atom is -0.495 e. The van der Waals surface area contributed by atoms with Gasteiger partial charge in [-0.1, -0.05) is 6.07 Å². The van der Waals surface area contributed by atoms with Gasteiger partial charge in [-0.05, 0) is 37.5 Å². The van der Waals surface area contributed by atoms with Gasteiger partial charge in [0, 0.05) is 13.2 Å². The monoisotopic (exact) mass is 264 g/mol. The molecular formula is C14H20N2O3. The third-order valence-electron chi connectivity index (χ3n) is 3.45. The molecule has 1 unspecified atom stereocenters. The molecule has 5 heteroatoms. The minimum atomic E-state index is -0.683. The molecular weight excluding hydrogens is 244 g/mol. The van der Waals surface area contributed by atoms with Crippen molar-refractivity contribution in [1.29, 1.82) is 0 Å². The highest BCUT2D eigenvalue weighted by molar-refractivity contribution is 5.85. The smallest absolute Gasteiger partial charge is 0.252 e. The van der Waals surface area contributed by atoms with Gasteiger partial charge in [-0.25, -0.2) is 0 Å². The molecule has 19 heavy (non-hydrogen) atoms. The Hall–Kier alpha value is -1.75. The molecule has 1 aliphatic rings. The fraction of sp³-hybridized carbons (Fsp3) is 0.500. The third-order valence-corrected chi connectivity index (χ3v) is 3.45. The van der Waals surface area contributed by atoms with E-state index in [2.05, 4.69) is 5.32 Å². The topological polar surface area (TPSA) is 73.6 Å². The number of anilines is 1. The van der Waals surface area contributed by atoms with Crippen molar-refractivity contribution in [2.75, 3.05) is 19.5 Å². The Kier molecular flexibility index (Phi) is 3.95. The minimum absolute atomic E-state index is 0.0700. The van der Waals surface area contributed by atoms with Crippen molar-refractivity contribution in [2.45, 2.75) is 31.9 Å². The molecule has 2 rings (SSSR count). The summed E-state index contributed by atoms with van der Waals surface area (Å²) in [6.45, 7) is 2.92. The van der Waals surface area contributed by atoms with Gasteiger partial charge in [-0.3, -0.25) is 4.79 Å². The van der Waals surface area contributed by atoms with E-state index in [1.165, 1.54) is 0 Å². The number of hydrogen-bond donors (Lipinski definition) is 2. The van der Waals surface area contributed by atoms with E-state index in [0.29, 0.717) is 24.6 Å². The Morgan fingerprint density at radius 1 is 1.58 bits per heavy atom. The highest BCUT2D eigenvalue weighted by Crippen LogP contribution is 2.25. The Morgan fingerprint density at radius 3 is 2.95 bits per heavy atom. The van der Waals surface area contributed by atoms with Crippen molar-refractivity contribution < 1.29 is 14.3 Å². The van der Waals surface area contributed by atoms with Crippen LogP contribution in [0.1, 0.15) is 25.3 Å². The number of nitrogens with two attached hydrogens (primary N) is 1. The molecule has 0 aliphatic carbocycles. The molecule has 3 N–H and O–H groups in total. The molecule has 1 fully saturated rings. The van der Waals surface area contributed by atoms with Gasteiger partial charge in [0.1, 0.15) is 11.4 Å². The van der Waals surface area contributed by atoms with Crippen molar-refractivity contribution >= 4 is 11.6 Å². The first-order chi connectivity index (χ1) is 9.05. The molecule has 0 bridgehead atoms. The van der Waals surface area contributed by atoms with Gasteiger partial charge in [-0.15, -0.1) is 0 Å². The average Bonchev–Trinajstić information content (AvgIpc) is 2.84. The second-order valence-electron chi connectivity index (χ2n) is 4.94. The van der Waals surface area contributed by atoms with Crippen LogP contribution in [0.5, 0.6) is 5.75 Å². The molecule has 1 heterocycles. The summed E-state index contributed by atoms with van der Waals surface area (Å²) in [4.78, 5) is 12.1. The van der Waals surface area contributed by atoms with Crippen LogP contribution >= 0.6 is 0 Å². The fourth-order valence-electron chi connectivity index (χ4n) is 2.22. The zero-order chi connectivity index (χ0) is 13.9. The molecule has 0 aromatic heterocycles. The first-order valence-electron chi connectivity index (χ1n) is 6.40. The SMILES string of the molecule is COc1ccc(CNC(=O)C2(C)CCCO2)cc1N. The highest BCUT2D eigenvalue weighted by atomic mass is 16.5. The van der Waals surface area contributed by atoms with E-state index < -0.39 is 5.60 Å². The molecule has 104 valence electrons. The van der Waals surface area contributed by atoms with Crippen molar-refractivity contribution in [1.82, 2.24) is 5.32 Å². The number of carbonyl (C=O) groups excluding carboxylic acids is 1. The van der Waals surface area contributed by atoms with Gasteiger partial charge in [-0.2, -0.15) is 0 Å². The molecule has 1 aromatic rings. The Labute approximate surface area is 113 Å². The van der Waals surface area contributed by atoms with Gasteiger partial charge in [0.05, 0.1) is 12.8 Å². The lowest BCUT2D eigenvalue weighted by Crippen LogP contribution is -2.43. The molecule has 0 radical (unpaired) electrons. The maximum absolute atomic E-state index is 12.1. The van der Waals surface area contributed by atoms with Crippen LogP contribution in [0, 0.1) is 0 Å². The molecule has 1 saturated heterocycles. The lowest BCUT2D eigenvalue weighted by atomic mass is 10.0. The zero-order valence-electron chi connectivity index (χ0n) is 11.4. The maximum atomic E-state index is 12.1. The summed E-state index contributed by atoms with van der Waals surface area (Å²) in [5, 5.41) is 2.89. The Balaban J connectivity index is 1.95. The van der Waals surface area contributed by atoms with Gasteiger partial charge in [0.15, 0.2) is 0 Å². The van der Waals surface area contributed by atoms with Crippen LogP contribution in [0.25, 0.3) is 0 Å². The van der Waals surface area contributed by atoms with Crippen LogP contribution in [-0.2, 0) is 16.1 Å². The third kappa shape index (κ3) is 2.98. The fourth-order valence-corrected chi connectivity index (χ4v) is 2.22. The number of rotatable bonds is 4. The summed E-state index contributed by atoms with van der Waals surface area (Å²) in [6.07, 6.45) is 1.70. The summed E-state index contributed by atoms with van der Waals surface area (Å²) in [7, 11) is 1.57. The Morgan fingerprint density at radius 2 is 2.37 bits per heavy atom. The first-order valence-corrected chi connectivity index (χ1v) is 6.40. The number of hydrogen-bond acceptors (Lipinski definition) is 4. The predicted molar refractivity (Wildman–Crippen MR) is 72.8 cm³/mol. The van der Waals surface area contributed by atoms with Crippen molar-refractivity contribution in [3.63, 3.8) is 0 Å². The van der Waals surface area contributed by atoms with Crippen LogP contribution < -0.4 is 15.8 Å². The predicted octanol–water partition coefficient (Wildman–Crippen LogP) is 1.46. The quantitative estimate of drug-likeness (QED) is 0.807. The van der Waals surface area contributed by atoms with E-state index in [1.54, 1.807) is 19.2 Å². The maximum Gasteiger partial charge on any atom is 0.252 e. The van der Waals surface area contributed by atoms with Crippen molar-refractivity contribution in [3.05, 3.63) is 23.8 Å². The normalized spacial score (nSPS) is 22.2. The molecule has 1 aromatic carbocycles. The zero-order valence-corrected chi connectivity index (χ0v) is 11.4. The number of benzene rings is 1. The molecule has 1 atom stereocenters. The molecule has 0 saturated carbocycles. The van der Waals surface area contributed by atoms with Gasteiger partial charge < -0.3 is 20.5 Å². The lowest BCUT2D eigenvalue weighted by molar-refractivity contribution is -0.139. The van der Waals surface area contributed by atoms with E-state index in [-0.39, 0.29) is 5.91 Å². The lowest BCUT2D eigenvalue weighted by Gasteiger charge is -2.22. The summed E-state index contributed by atoms with van der Waals surface area (Å²) in [5.41, 5.74) is 6.65. The number of nitrogen functional groups attached to an aromatic ring is 1. The van der Waals surface area contributed by atoms with Crippen LogP contribution in [0.15, 0.2) is 18.2 Å². The second kappa shape index (κ2) is 5.48. The molecule has 1 aliphatic heterocycles. The number of nitrogens with one attached hydrogen (secondary N) is 1. The van der Waals surface area contributed by atoms with E-state index in [1.807, 2.05) is 13.0 Å². The van der Waals surface area contributed by atoms with E-state index in [9.17, 15) is 4.79 Å². The highest BCUT2D eigenvalue weighted by Gasteiger charge is 2.37. The number of methoxy groups -OCH3 is 1. The summed E-state index contributed by atoms with van der Waals surface area (Å²) >= 11 is 0. The average molecular weight is 264 g/mol. The molecule has 1 amide bonds. The molecule has 0 spiro atoms. The standard InChI is InChI=1S/C14H20N2O3/c1-14(6-3-7-19-14)13(17)16-9-10-4-5-12(18-2)11(15)8-10/h4-5,8H,3,6-7,9,15H2,1-2H3,(H,16,17). The van der Waals surface area contributed by atoms with Gasteiger partial charge >= 0.3 is 0 Å². The van der Waals surface area contributed by atoms with Crippen molar-refractivity contribution in [3.8, 4) is 5.75 Å².